The number of nitro groups is 1. The molecule has 5 rings (SSSR count). The smallest absolute Gasteiger partial charge is 0.270 e. The zero-order chi connectivity index (χ0) is 25.1. The van der Waals surface area contributed by atoms with Crippen LogP contribution >= 0.6 is 22.9 Å². The number of amides is 1. The molecule has 2 heterocycles. The van der Waals surface area contributed by atoms with Crippen LogP contribution in [-0.4, -0.2) is 31.7 Å². The number of aromatic nitrogens is 2. The number of rotatable bonds is 8. The molecule has 0 unspecified atom stereocenters. The van der Waals surface area contributed by atoms with Gasteiger partial charge in [0.1, 0.15) is 0 Å². The maximum absolute atomic E-state index is 13.4. The molecular formula is C27H21ClN4O3S. The summed E-state index contributed by atoms with van der Waals surface area (Å²) in [5.41, 5.74) is 4.05. The van der Waals surface area contributed by atoms with Crippen molar-refractivity contribution >= 4 is 39.5 Å². The monoisotopic (exact) mass is 516 g/mol. The van der Waals surface area contributed by atoms with Crippen LogP contribution in [0.3, 0.4) is 0 Å². The fourth-order valence-electron chi connectivity index (χ4n) is 4.01. The standard InChI is InChI=1S/C27H21ClN4O3S/c28-22-11-9-20(10-12-22)25-17-31-24(18-36-27(31)29-25)13-14-30(16-19-5-2-1-3-6-19)26(33)21-7-4-8-23(15-21)32(34)35/h1-12,15,17-18H,13-14,16H2. The molecule has 9 heteroatoms. The molecule has 0 spiro atoms. The fourth-order valence-corrected chi connectivity index (χ4v) is 5.04. The second kappa shape index (κ2) is 10.3. The van der Waals surface area contributed by atoms with Crippen LogP contribution in [0.1, 0.15) is 21.6 Å². The van der Waals surface area contributed by atoms with Crippen LogP contribution in [0, 0.1) is 10.1 Å². The van der Waals surface area contributed by atoms with E-state index in [0.29, 0.717) is 30.1 Å². The van der Waals surface area contributed by atoms with Crippen molar-refractivity contribution in [2.24, 2.45) is 0 Å². The topological polar surface area (TPSA) is 80.8 Å². The Morgan fingerprint density at radius 3 is 2.58 bits per heavy atom. The Morgan fingerprint density at radius 1 is 1.06 bits per heavy atom. The van der Waals surface area contributed by atoms with Crippen molar-refractivity contribution in [1.29, 1.82) is 0 Å². The molecule has 0 aliphatic rings. The number of halogens is 1. The third kappa shape index (κ3) is 5.15. The number of nitro benzene ring substituents is 1. The summed E-state index contributed by atoms with van der Waals surface area (Å²) >= 11 is 7.56. The number of hydrogen-bond acceptors (Lipinski definition) is 5. The van der Waals surface area contributed by atoms with E-state index < -0.39 is 4.92 Å². The van der Waals surface area contributed by atoms with E-state index in [1.165, 1.54) is 18.2 Å². The molecule has 0 radical (unpaired) electrons. The van der Waals surface area contributed by atoms with Gasteiger partial charge in [-0.3, -0.25) is 19.3 Å². The van der Waals surface area contributed by atoms with Crippen LogP contribution in [0.25, 0.3) is 16.2 Å². The van der Waals surface area contributed by atoms with Gasteiger partial charge < -0.3 is 4.90 Å². The lowest BCUT2D eigenvalue weighted by Crippen LogP contribution is -2.32. The Balaban J connectivity index is 1.40. The van der Waals surface area contributed by atoms with E-state index in [-0.39, 0.29) is 11.6 Å². The Labute approximate surface area is 216 Å². The van der Waals surface area contributed by atoms with Crippen LogP contribution in [0.5, 0.6) is 0 Å². The van der Waals surface area contributed by atoms with Gasteiger partial charge in [0, 0.05) is 65.1 Å². The normalized spacial score (nSPS) is 11.0. The molecule has 0 saturated carbocycles. The SMILES string of the molecule is O=C(c1cccc([N+](=O)[O-])c1)N(CCc1csc2nc(-c3ccc(Cl)cc3)cn12)Cc1ccccc1. The van der Waals surface area contributed by atoms with Crippen molar-refractivity contribution < 1.29 is 9.72 Å². The van der Waals surface area contributed by atoms with Crippen LogP contribution in [-0.2, 0) is 13.0 Å². The number of benzene rings is 3. The highest BCUT2D eigenvalue weighted by Crippen LogP contribution is 2.25. The lowest BCUT2D eigenvalue weighted by molar-refractivity contribution is -0.384. The molecule has 1 amide bonds. The summed E-state index contributed by atoms with van der Waals surface area (Å²) in [4.78, 5) is 31.5. The van der Waals surface area contributed by atoms with E-state index in [1.807, 2.05) is 70.6 Å². The number of nitrogens with zero attached hydrogens (tertiary/aromatic N) is 4. The summed E-state index contributed by atoms with van der Waals surface area (Å²) in [6.07, 6.45) is 2.60. The first-order valence-electron chi connectivity index (χ1n) is 11.3. The number of hydrogen-bond donors (Lipinski definition) is 0. The maximum Gasteiger partial charge on any atom is 0.270 e. The highest BCUT2D eigenvalue weighted by molar-refractivity contribution is 7.15. The Bertz CT molecular complexity index is 1530. The van der Waals surface area contributed by atoms with Gasteiger partial charge in [0.15, 0.2) is 4.96 Å². The van der Waals surface area contributed by atoms with Crippen molar-refractivity contribution in [2.45, 2.75) is 13.0 Å². The summed E-state index contributed by atoms with van der Waals surface area (Å²) < 4.78 is 2.05. The molecule has 7 nitrogen and oxygen atoms in total. The number of non-ortho nitro benzene ring substituents is 1. The van der Waals surface area contributed by atoms with Gasteiger partial charge in [-0.2, -0.15) is 0 Å². The third-order valence-electron chi connectivity index (χ3n) is 5.87. The molecule has 0 atom stereocenters. The zero-order valence-electron chi connectivity index (χ0n) is 19.1. The summed E-state index contributed by atoms with van der Waals surface area (Å²) in [5.74, 6) is -0.249. The van der Waals surface area contributed by atoms with Gasteiger partial charge in [-0.05, 0) is 23.8 Å². The van der Waals surface area contributed by atoms with E-state index in [0.717, 1.165) is 27.5 Å². The van der Waals surface area contributed by atoms with E-state index in [4.69, 9.17) is 16.6 Å². The molecule has 2 aromatic heterocycles. The molecule has 180 valence electrons. The number of carbonyl (C=O) groups excluding carboxylic acids is 1. The average molecular weight is 517 g/mol. The highest BCUT2D eigenvalue weighted by atomic mass is 35.5. The van der Waals surface area contributed by atoms with Crippen LogP contribution < -0.4 is 0 Å². The van der Waals surface area contributed by atoms with E-state index in [9.17, 15) is 14.9 Å². The lowest BCUT2D eigenvalue weighted by Gasteiger charge is -2.23. The van der Waals surface area contributed by atoms with Gasteiger partial charge in [0.05, 0.1) is 10.6 Å². The Morgan fingerprint density at radius 2 is 1.83 bits per heavy atom. The minimum atomic E-state index is -0.488. The minimum Gasteiger partial charge on any atom is -0.334 e. The fraction of sp³-hybridized carbons (Fsp3) is 0.111. The van der Waals surface area contributed by atoms with Gasteiger partial charge >= 0.3 is 0 Å². The minimum absolute atomic E-state index is 0.104. The second-order valence-corrected chi connectivity index (χ2v) is 9.56. The van der Waals surface area contributed by atoms with E-state index in [2.05, 4.69) is 0 Å². The Kier molecular flexibility index (Phi) is 6.79. The molecule has 0 saturated heterocycles. The molecule has 5 aromatic rings. The number of imidazole rings is 1. The molecule has 0 N–H and O–H groups in total. The maximum atomic E-state index is 13.4. The molecular weight excluding hydrogens is 496 g/mol. The predicted octanol–water partition coefficient (Wildman–Crippen LogP) is 6.51. The summed E-state index contributed by atoms with van der Waals surface area (Å²) in [6, 6.07) is 23.1. The number of carbonyl (C=O) groups is 1. The van der Waals surface area contributed by atoms with E-state index >= 15 is 0 Å². The quantitative estimate of drug-likeness (QED) is 0.174. The first-order valence-corrected chi connectivity index (χ1v) is 12.5. The van der Waals surface area contributed by atoms with Gasteiger partial charge in [-0.15, -0.1) is 11.3 Å². The van der Waals surface area contributed by atoms with Gasteiger partial charge in [-0.25, -0.2) is 4.98 Å². The van der Waals surface area contributed by atoms with Crippen molar-refractivity contribution in [3.05, 3.63) is 122 Å². The molecule has 0 aliphatic carbocycles. The van der Waals surface area contributed by atoms with Crippen molar-refractivity contribution in [3.8, 4) is 11.3 Å². The largest absolute Gasteiger partial charge is 0.334 e. The molecule has 0 fully saturated rings. The summed E-state index contributed by atoms with van der Waals surface area (Å²) in [5, 5.41) is 14.0. The van der Waals surface area contributed by atoms with E-state index in [1.54, 1.807) is 22.3 Å². The first kappa shape index (κ1) is 23.7. The van der Waals surface area contributed by atoms with Crippen LogP contribution in [0.4, 0.5) is 5.69 Å². The molecule has 0 aliphatic heterocycles. The van der Waals surface area contributed by atoms with Crippen molar-refractivity contribution in [3.63, 3.8) is 0 Å². The highest BCUT2D eigenvalue weighted by Gasteiger charge is 2.20. The van der Waals surface area contributed by atoms with Crippen molar-refractivity contribution in [1.82, 2.24) is 14.3 Å². The lowest BCUT2D eigenvalue weighted by atomic mass is 10.1. The zero-order valence-corrected chi connectivity index (χ0v) is 20.7. The van der Waals surface area contributed by atoms with Gasteiger partial charge in [-0.1, -0.05) is 60.1 Å². The van der Waals surface area contributed by atoms with Gasteiger partial charge in [0.25, 0.3) is 11.6 Å². The third-order valence-corrected chi connectivity index (χ3v) is 7.01. The summed E-state index contributed by atoms with van der Waals surface area (Å²) in [7, 11) is 0. The predicted molar refractivity (Wildman–Crippen MR) is 141 cm³/mol. The van der Waals surface area contributed by atoms with Crippen LogP contribution in [0.2, 0.25) is 5.02 Å². The number of fused-ring (bicyclic) bond motifs is 1. The average Bonchev–Trinajstić information content (AvgIpc) is 3.49. The molecule has 36 heavy (non-hydrogen) atoms. The van der Waals surface area contributed by atoms with Crippen molar-refractivity contribution in [2.75, 3.05) is 6.54 Å². The first-order chi connectivity index (χ1) is 17.5. The Hall–Kier alpha value is -4.01. The molecule has 3 aromatic carbocycles. The second-order valence-electron chi connectivity index (χ2n) is 8.28. The number of thiazole rings is 1. The van der Waals surface area contributed by atoms with Crippen LogP contribution in [0.15, 0.2) is 90.4 Å². The van der Waals surface area contributed by atoms with Gasteiger partial charge in [0.2, 0.25) is 0 Å². The summed E-state index contributed by atoms with van der Waals surface area (Å²) in [6.45, 7) is 0.840. The molecule has 0 bridgehead atoms.